The third kappa shape index (κ3) is 7.74. The average Bonchev–Trinajstić information content (AvgIpc) is 3.12. The van der Waals surface area contributed by atoms with Gasteiger partial charge in [0.1, 0.15) is 0 Å². The number of rotatable bonds is 9. The molecule has 0 saturated carbocycles. The maximum Gasteiger partial charge on any atom is 0.218 e. The van der Waals surface area contributed by atoms with Gasteiger partial charge in [-0.3, -0.25) is 0 Å². The molecule has 0 aliphatic carbocycles. The summed E-state index contributed by atoms with van der Waals surface area (Å²) < 4.78 is 11.0. The number of aromatic nitrogens is 2. The van der Waals surface area contributed by atoms with Crippen molar-refractivity contribution in [3.05, 3.63) is 41.4 Å². The standard InChI is InChI=1S/C19H29N5O2.HI/c1-5-10-25-18-15(8-7-9-21-18)12-22-19(20-6-2)23-13-16-11-17(14(3)4)24-26-16;/h7-9,11,14H,5-6,10,12-13H2,1-4H3,(H2,20,22,23);1H. The zero-order valence-electron chi connectivity index (χ0n) is 16.5. The minimum Gasteiger partial charge on any atom is -0.477 e. The summed E-state index contributed by atoms with van der Waals surface area (Å²) >= 11 is 0. The number of pyridine rings is 1. The molecule has 0 fully saturated rings. The third-order valence-electron chi connectivity index (χ3n) is 3.64. The molecular formula is C19H30IN5O2. The number of nitrogens with one attached hydrogen (secondary N) is 2. The molecule has 0 unspecified atom stereocenters. The van der Waals surface area contributed by atoms with E-state index >= 15 is 0 Å². The van der Waals surface area contributed by atoms with Crippen LogP contribution in [0.2, 0.25) is 0 Å². The number of halogens is 1. The van der Waals surface area contributed by atoms with Gasteiger partial charge in [-0.2, -0.15) is 0 Å². The topological polar surface area (TPSA) is 84.6 Å². The lowest BCUT2D eigenvalue weighted by molar-refractivity contribution is 0.302. The van der Waals surface area contributed by atoms with Crippen LogP contribution in [0.25, 0.3) is 0 Å². The first-order chi connectivity index (χ1) is 12.6. The van der Waals surface area contributed by atoms with E-state index in [1.807, 2.05) is 25.1 Å². The lowest BCUT2D eigenvalue weighted by atomic mass is 10.1. The van der Waals surface area contributed by atoms with Crippen molar-refractivity contribution < 1.29 is 9.26 Å². The average molecular weight is 487 g/mol. The summed E-state index contributed by atoms with van der Waals surface area (Å²) in [5.74, 6) is 2.49. The molecule has 0 aromatic carbocycles. The fourth-order valence-electron chi connectivity index (χ4n) is 2.23. The second kappa shape index (κ2) is 12.5. The number of hydrogen-bond donors (Lipinski definition) is 2. The SMILES string of the molecule is CCCOc1ncccc1CN=C(NCC)NCc1cc(C(C)C)no1.I. The normalized spacial score (nSPS) is 11.2. The highest BCUT2D eigenvalue weighted by molar-refractivity contribution is 14.0. The molecule has 2 aromatic rings. The second-order valence-corrected chi connectivity index (χ2v) is 6.24. The first kappa shape index (κ1) is 23.2. The van der Waals surface area contributed by atoms with Crippen LogP contribution in [-0.2, 0) is 13.1 Å². The smallest absolute Gasteiger partial charge is 0.218 e. The summed E-state index contributed by atoms with van der Waals surface area (Å²) in [6, 6.07) is 5.85. The van der Waals surface area contributed by atoms with Gasteiger partial charge in [0.2, 0.25) is 5.88 Å². The van der Waals surface area contributed by atoms with Crippen LogP contribution >= 0.6 is 24.0 Å². The maximum absolute atomic E-state index is 5.69. The van der Waals surface area contributed by atoms with E-state index in [0.717, 1.165) is 30.0 Å². The molecule has 150 valence electrons. The van der Waals surface area contributed by atoms with Crippen molar-refractivity contribution in [2.75, 3.05) is 13.2 Å². The van der Waals surface area contributed by atoms with Crippen molar-refractivity contribution in [3.63, 3.8) is 0 Å². The summed E-state index contributed by atoms with van der Waals surface area (Å²) in [5.41, 5.74) is 1.91. The predicted molar refractivity (Wildman–Crippen MR) is 118 cm³/mol. The van der Waals surface area contributed by atoms with E-state index in [0.29, 0.717) is 37.5 Å². The van der Waals surface area contributed by atoms with E-state index in [4.69, 9.17) is 9.26 Å². The van der Waals surface area contributed by atoms with Gasteiger partial charge in [-0.25, -0.2) is 9.98 Å². The highest BCUT2D eigenvalue weighted by Gasteiger charge is 2.09. The zero-order valence-corrected chi connectivity index (χ0v) is 18.8. The van der Waals surface area contributed by atoms with Gasteiger partial charge in [0.05, 0.1) is 25.4 Å². The molecule has 7 nitrogen and oxygen atoms in total. The van der Waals surface area contributed by atoms with E-state index in [9.17, 15) is 0 Å². The van der Waals surface area contributed by atoms with Crippen molar-refractivity contribution in [1.82, 2.24) is 20.8 Å². The number of ether oxygens (including phenoxy) is 1. The van der Waals surface area contributed by atoms with Gasteiger partial charge >= 0.3 is 0 Å². The second-order valence-electron chi connectivity index (χ2n) is 6.24. The lowest BCUT2D eigenvalue weighted by Crippen LogP contribution is -2.36. The molecule has 27 heavy (non-hydrogen) atoms. The molecule has 0 aliphatic heterocycles. The third-order valence-corrected chi connectivity index (χ3v) is 3.64. The number of aliphatic imine (C=N–C) groups is 1. The monoisotopic (exact) mass is 487 g/mol. The highest BCUT2D eigenvalue weighted by atomic mass is 127. The number of guanidine groups is 1. The zero-order chi connectivity index (χ0) is 18.8. The van der Waals surface area contributed by atoms with Crippen molar-refractivity contribution in [1.29, 1.82) is 0 Å². The Morgan fingerprint density at radius 3 is 2.78 bits per heavy atom. The summed E-state index contributed by atoms with van der Waals surface area (Å²) in [4.78, 5) is 8.92. The minimum absolute atomic E-state index is 0. The molecule has 0 radical (unpaired) electrons. The Morgan fingerprint density at radius 2 is 2.11 bits per heavy atom. The Balaban J connectivity index is 0.00000364. The molecular weight excluding hydrogens is 457 g/mol. The van der Waals surface area contributed by atoms with Crippen LogP contribution in [-0.4, -0.2) is 29.3 Å². The van der Waals surface area contributed by atoms with Gasteiger partial charge in [-0.15, -0.1) is 24.0 Å². The lowest BCUT2D eigenvalue weighted by Gasteiger charge is -2.11. The molecule has 2 aromatic heterocycles. The van der Waals surface area contributed by atoms with Crippen LogP contribution < -0.4 is 15.4 Å². The quantitative estimate of drug-likeness (QED) is 0.318. The van der Waals surface area contributed by atoms with Crippen molar-refractivity contribution >= 4 is 29.9 Å². The molecule has 2 N–H and O–H groups in total. The molecule has 2 heterocycles. The van der Waals surface area contributed by atoms with Gasteiger partial charge in [0.15, 0.2) is 11.7 Å². The first-order valence-corrected chi connectivity index (χ1v) is 9.18. The van der Waals surface area contributed by atoms with Gasteiger partial charge in [0, 0.05) is 24.4 Å². The molecule has 0 aliphatic rings. The molecule has 0 saturated heterocycles. The molecule has 8 heteroatoms. The summed E-state index contributed by atoms with van der Waals surface area (Å²) in [6.45, 7) is 10.7. The van der Waals surface area contributed by atoms with E-state index < -0.39 is 0 Å². The highest BCUT2D eigenvalue weighted by Crippen LogP contribution is 2.16. The summed E-state index contributed by atoms with van der Waals surface area (Å²) in [7, 11) is 0. The van der Waals surface area contributed by atoms with Crippen LogP contribution in [0.3, 0.4) is 0 Å². The Hall–Kier alpha value is -1.84. The maximum atomic E-state index is 5.69. The molecule has 0 atom stereocenters. The summed E-state index contributed by atoms with van der Waals surface area (Å²) in [6.07, 6.45) is 2.68. The van der Waals surface area contributed by atoms with Crippen LogP contribution in [0.1, 0.15) is 57.1 Å². The molecule has 0 amide bonds. The van der Waals surface area contributed by atoms with Crippen LogP contribution in [0.4, 0.5) is 0 Å². The molecule has 0 spiro atoms. The first-order valence-electron chi connectivity index (χ1n) is 9.18. The Morgan fingerprint density at radius 1 is 1.30 bits per heavy atom. The fraction of sp³-hybridized carbons (Fsp3) is 0.526. The van der Waals surface area contributed by atoms with Gasteiger partial charge in [-0.1, -0.05) is 32.0 Å². The Bertz CT molecular complexity index is 703. The Labute approximate surface area is 178 Å². The largest absolute Gasteiger partial charge is 0.477 e. The van der Waals surface area contributed by atoms with E-state index in [1.54, 1.807) is 6.20 Å². The molecule has 0 bridgehead atoms. The Kier molecular flexibility index (Phi) is 10.8. The fourth-order valence-corrected chi connectivity index (χ4v) is 2.23. The number of nitrogens with zero attached hydrogens (tertiary/aromatic N) is 3. The van der Waals surface area contributed by atoms with Crippen LogP contribution in [0, 0.1) is 0 Å². The minimum atomic E-state index is 0. The number of hydrogen-bond acceptors (Lipinski definition) is 5. The van der Waals surface area contributed by atoms with Crippen molar-refractivity contribution in [3.8, 4) is 5.88 Å². The van der Waals surface area contributed by atoms with Gasteiger partial charge in [0.25, 0.3) is 0 Å². The summed E-state index contributed by atoms with van der Waals surface area (Å²) in [5, 5.41) is 10.6. The van der Waals surface area contributed by atoms with Crippen LogP contribution in [0.15, 0.2) is 33.9 Å². The molecule has 2 rings (SSSR count). The van der Waals surface area contributed by atoms with Gasteiger partial charge in [-0.05, 0) is 25.3 Å². The van der Waals surface area contributed by atoms with E-state index in [1.165, 1.54) is 0 Å². The van der Waals surface area contributed by atoms with Crippen molar-refractivity contribution in [2.45, 2.75) is 53.1 Å². The van der Waals surface area contributed by atoms with E-state index in [-0.39, 0.29) is 24.0 Å². The van der Waals surface area contributed by atoms with Crippen LogP contribution in [0.5, 0.6) is 5.88 Å². The van der Waals surface area contributed by atoms with Gasteiger partial charge < -0.3 is 19.9 Å². The van der Waals surface area contributed by atoms with E-state index in [2.05, 4.69) is 46.5 Å². The predicted octanol–water partition coefficient (Wildman–Crippen LogP) is 3.86. The van der Waals surface area contributed by atoms with Crippen molar-refractivity contribution in [2.24, 2.45) is 4.99 Å².